The van der Waals surface area contributed by atoms with Gasteiger partial charge in [0.2, 0.25) is 11.7 Å². The fourth-order valence-electron chi connectivity index (χ4n) is 2.32. The lowest BCUT2D eigenvalue weighted by Gasteiger charge is -2.10. The molecular weight excluding hydrogens is 296 g/mol. The summed E-state index contributed by atoms with van der Waals surface area (Å²) in [5, 5.41) is 15.6. The van der Waals surface area contributed by atoms with Crippen molar-refractivity contribution in [2.45, 2.75) is 19.5 Å². The molecule has 4 aromatic heterocycles. The van der Waals surface area contributed by atoms with E-state index in [1.54, 1.807) is 18.4 Å². The van der Waals surface area contributed by atoms with Crippen LogP contribution in [0.5, 0.6) is 0 Å². The van der Waals surface area contributed by atoms with Crippen molar-refractivity contribution >= 4 is 5.65 Å². The van der Waals surface area contributed by atoms with Gasteiger partial charge in [-0.2, -0.15) is 4.98 Å². The predicted molar refractivity (Wildman–Crippen MR) is 80.2 cm³/mol. The van der Waals surface area contributed by atoms with Crippen molar-refractivity contribution < 1.29 is 8.94 Å². The fourth-order valence-corrected chi connectivity index (χ4v) is 2.32. The van der Waals surface area contributed by atoms with Gasteiger partial charge in [0.1, 0.15) is 0 Å². The third-order valence-corrected chi connectivity index (χ3v) is 3.50. The van der Waals surface area contributed by atoms with Crippen LogP contribution >= 0.6 is 0 Å². The number of furan rings is 1. The largest absolute Gasteiger partial charge is 0.461 e. The van der Waals surface area contributed by atoms with Crippen molar-refractivity contribution in [1.29, 1.82) is 0 Å². The summed E-state index contributed by atoms with van der Waals surface area (Å²) in [6.45, 7) is 2.43. The normalized spacial score (nSPS) is 12.7. The number of rotatable bonds is 5. The zero-order valence-corrected chi connectivity index (χ0v) is 12.4. The zero-order chi connectivity index (χ0) is 15.6. The lowest BCUT2D eigenvalue weighted by atomic mass is 10.3. The Morgan fingerprint density at radius 1 is 1.22 bits per heavy atom. The van der Waals surface area contributed by atoms with Gasteiger partial charge < -0.3 is 8.94 Å². The van der Waals surface area contributed by atoms with Gasteiger partial charge in [0.25, 0.3) is 0 Å². The molecule has 4 rings (SSSR count). The van der Waals surface area contributed by atoms with E-state index in [1.165, 1.54) is 0 Å². The molecule has 0 aliphatic rings. The van der Waals surface area contributed by atoms with E-state index in [4.69, 9.17) is 8.94 Å². The van der Waals surface area contributed by atoms with Crippen molar-refractivity contribution in [1.82, 2.24) is 30.1 Å². The minimum Gasteiger partial charge on any atom is -0.461 e. The Morgan fingerprint density at radius 2 is 2.17 bits per heavy atom. The molecule has 23 heavy (non-hydrogen) atoms. The van der Waals surface area contributed by atoms with Gasteiger partial charge in [-0.1, -0.05) is 11.2 Å². The molecule has 8 nitrogen and oxygen atoms in total. The van der Waals surface area contributed by atoms with Crippen LogP contribution in [0, 0.1) is 0 Å². The fraction of sp³-hybridized carbons (Fsp3) is 0.200. The van der Waals surface area contributed by atoms with E-state index in [2.05, 4.69) is 25.7 Å². The molecule has 0 aromatic carbocycles. The highest BCUT2D eigenvalue weighted by molar-refractivity contribution is 5.44. The van der Waals surface area contributed by atoms with Crippen LogP contribution in [0.3, 0.4) is 0 Å². The maximum absolute atomic E-state index is 5.24. The number of hydrogen-bond acceptors (Lipinski definition) is 7. The molecule has 1 N–H and O–H groups in total. The maximum atomic E-state index is 5.24. The minimum atomic E-state index is -0.0219. The summed E-state index contributed by atoms with van der Waals surface area (Å²) in [4.78, 5) is 4.29. The molecule has 0 aliphatic heterocycles. The highest BCUT2D eigenvalue weighted by atomic mass is 16.5. The van der Waals surface area contributed by atoms with Crippen LogP contribution in [0.25, 0.3) is 17.2 Å². The highest BCUT2D eigenvalue weighted by Crippen LogP contribution is 2.16. The molecule has 4 heterocycles. The predicted octanol–water partition coefficient (Wildman–Crippen LogP) is 2.22. The maximum Gasteiger partial charge on any atom is 0.241 e. The molecule has 8 heteroatoms. The zero-order valence-electron chi connectivity index (χ0n) is 12.4. The molecule has 0 spiro atoms. The van der Waals surface area contributed by atoms with Gasteiger partial charge in [0, 0.05) is 6.20 Å². The second-order valence-corrected chi connectivity index (χ2v) is 5.08. The Kier molecular flexibility index (Phi) is 3.35. The van der Waals surface area contributed by atoms with Crippen molar-refractivity contribution in [3.8, 4) is 11.6 Å². The Balaban J connectivity index is 1.46. The second kappa shape index (κ2) is 5.65. The summed E-state index contributed by atoms with van der Waals surface area (Å²) in [6, 6.07) is 9.33. The number of pyridine rings is 1. The number of aromatic nitrogens is 5. The number of nitrogens with one attached hydrogen (secondary N) is 1. The summed E-state index contributed by atoms with van der Waals surface area (Å²) in [5.41, 5.74) is 0.814. The molecule has 0 aliphatic carbocycles. The van der Waals surface area contributed by atoms with Crippen molar-refractivity contribution in [3.05, 3.63) is 54.5 Å². The van der Waals surface area contributed by atoms with Crippen molar-refractivity contribution in [2.24, 2.45) is 0 Å². The summed E-state index contributed by atoms with van der Waals surface area (Å²) in [7, 11) is 0. The highest BCUT2D eigenvalue weighted by Gasteiger charge is 2.15. The van der Waals surface area contributed by atoms with Gasteiger partial charge >= 0.3 is 0 Å². The molecule has 0 bridgehead atoms. The van der Waals surface area contributed by atoms with Crippen LogP contribution < -0.4 is 5.32 Å². The van der Waals surface area contributed by atoms with Gasteiger partial charge in [-0.25, -0.2) is 0 Å². The van der Waals surface area contributed by atoms with E-state index in [-0.39, 0.29) is 6.04 Å². The monoisotopic (exact) mass is 310 g/mol. The molecule has 4 aromatic rings. The Hall–Kier alpha value is -3.00. The van der Waals surface area contributed by atoms with Gasteiger partial charge in [-0.15, -0.1) is 10.2 Å². The molecule has 116 valence electrons. The topological polar surface area (TPSA) is 94.3 Å². The lowest BCUT2D eigenvalue weighted by Crippen LogP contribution is -2.20. The van der Waals surface area contributed by atoms with Crippen molar-refractivity contribution in [3.63, 3.8) is 0 Å². The molecular formula is C15H14N6O2. The number of fused-ring (bicyclic) bond motifs is 1. The van der Waals surface area contributed by atoms with Gasteiger partial charge in [-0.3, -0.25) is 9.72 Å². The standard InChI is InChI=1S/C15H14N6O2/c1-10(15-19-18-12-6-2-3-7-21(12)15)16-9-13-17-14(20-23-13)11-5-4-8-22-11/h2-8,10,16H,9H2,1H3/t10-/m0/s1. The van der Waals surface area contributed by atoms with E-state index >= 15 is 0 Å². The van der Waals surface area contributed by atoms with Crippen LogP contribution in [0.15, 0.2) is 51.7 Å². The first-order chi connectivity index (χ1) is 11.3. The Bertz CT molecular complexity index is 911. The van der Waals surface area contributed by atoms with Crippen LogP contribution in [-0.4, -0.2) is 24.7 Å². The van der Waals surface area contributed by atoms with E-state index in [9.17, 15) is 0 Å². The minimum absolute atomic E-state index is 0.0219. The van der Waals surface area contributed by atoms with Gasteiger partial charge in [-0.05, 0) is 31.2 Å². The lowest BCUT2D eigenvalue weighted by molar-refractivity contribution is 0.358. The van der Waals surface area contributed by atoms with E-state index in [0.29, 0.717) is 24.0 Å². The summed E-state index contributed by atoms with van der Waals surface area (Å²) in [6.07, 6.45) is 3.51. The first-order valence-corrected chi connectivity index (χ1v) is 7.21. The molecule has 0 radical (unpaired) electrons. The Morgan fingerprint density at radius 3 is 3.04 bits per heavy atom. The summed E-state index contributed by atoms with van der Waals surface area (Å²) < 4.78 is 12.4. The molecule has 0 saturated carbocycles. The smallest absolute Gasteiger partial charge is 0.241 e. The molecule has 1 atom stereocenters. The number of hydrogen-bond donors (Lipinski definition) is 1. The molecule has 0 saturated heterocycles. The average molecular weight is 310 g/mol. The third kappa shape index (κ3) is 2.59. The van der Waals surface area contributed by atoms with Crippen molar-refractivity contribution in [2.75, 3.05) is 0 Å². The van der Waals surface area contributed by atoms with Crippen LogP contribution in [0.2, 0.25) is 0 Å². The second-order valence-electron chi connectivity index (χ2n) is 5.08. The molecule has 0 unspecified atom stereocenters. The first kappa shape index (κ1) is 13.6. The quantitative estimate of drug-likeness (QED) is 0.604. The summed E-state index contributed by atoms with van der Waals surface area (Å²) >= 11 is 0. The average Bonchev–Trinajstić information content (AvgIpc) is 3.31. The van der Waals surface area contributed by atoms with Crippen LogP contribution in [-0.2, 0) is 6.54 Å². The van der Waals surface area contributed by atoms with Crippen LogP contribution in [0.4, 0.5) is 0 Å². The SMILES string of the molecule is C[C@H](NCc1nc(-c2ccco2)no1)c1nnc2ccccn12. The summed E-state index contributed by atoms with van der Waals surface area (Å²) in [5.74, 6) is 2.33. The molecule has 0 fully saturated rings. The van der Waals surface area contributed by atoms with E-state index in [0.717, 1.165) is 11.5 Å². The van der Waals surface area contributed by atoms with E-state index in [1.807, 2.05) is 35.7 Å². The first-order valence-electron chi connectivity index (χ1n) is 7.21. The van der Waals surface area contributed by atoms with Gasteiger partial charge in [0.15, 0.2) is 17.2 Å². The van der Waals surface area contributed by atoms with E-state index < -0.39 is 0 Å². The molecule has 0 amide bonds. The Labute approximate surface area is 131 Å². The third-order valence-electron chi connectivity index (χ3n) is 3.50. The van der Waals surface area contributed by atoms with Gasteiger partial charge in [0.05, 0.1) is 18.8 Å². The number of nitrogens with zero attached hydrogens (tertiary/aromatic N) is 5. The van der Waals surface area contributed by atoms with Crippen LogP contribution in [0.1, 0.15) is 24.7 Å².